The van der Waals surface area contributed by atoms with Gasteiger partial charge in [-0.25, -0.2) is 4.68 Å². The van der Waals surface area contributed by atoms with E-state index >= 15 is 0 Å². The zero-order valence-electron chi connectivity index (χ0n) is 16.9. The summed E-state index contributed by atoms with van der Waals surface area (Å²) in [6, 6.07) is 18.1. The molecule has 2 aromatic heterocycles. The van der Waals surface area contributed by atoms with Crippen LogP contribution in [-0.4, -0.2) is 33.7 Å². The zero-order valence-corrected chi connectivity index (χ0v) is 16.9. The molecule has 30 heavy (non-hydrogen) atoms. The number of hydrogen-bond acceptors (Lipinski definition) is 6. The van der Waals surface area contributed by atoms with Gasteiger partial charge >= 0.3 is 0 Å². The second kappa shape index (κ2) is 7.68. The van der Waals surface area contributed by atoms with Gasteiger partial charge in [-0.15, -0.1) is 0 Å². The molecular formula is C23H22N4O3. The molecule has 3 heterocycles. The van der Waals surface area contributed by atoms with Crippen molar-refractivity contribution < 1.29 is 14.0 Å². The van der Waals surface area contributed by atoms with Crippen molar-refractivity contribution in [2.45, 2.75) is 19.5 Å². The second-order valence-electron chi connectivity index (χ2n) is 7.37. The highest BCUT2D eigenvalue weighted by molar-refractivity contribution is 5.67. The largest absolute Gasteiger partial charge is 0.454 e. The first-order valence-corrected chi connectivity index (χ1v) is 9.83. The van der Waals surface area contributed by atoms with Crippen molar-refractivity contribution in [1.29, 1.82) is 0 Å². The first-order valence-electron chi connectivity index (χ1n) is 9.83. The lowest BCUT2D eigenvalue weighted by atomic mass is 10.1. The number of ether oxygens (including phenoxy) is 2. The van der Waals surface area contributed by atoms with E-state index in [4.69, 9.17) is 19.1 Å². The van der Waals surface area contributed by atoms with Crippen LogP contribution in [0.2, 0.25) is 0 Å². The van der Waals surface area contributed by atoms with Crippen molar-refractivity contribution in [2.75, 3.05) is 13.8 Å². The van der Waals surface area contributed by atoms with Gasteiger partial charge in [-0.3, -0.25) is 4.90 Å². The van der Waals surface area contributed by atoms with E-state index in [0.717, 1.165) is 39.7 Å². The van der Waals surface area contributed by atoms with Gasteiger partial charge in [0.25, 0.3) is 0 Å². The molecule has 0 saturated heterocycles. The Kier molecular flexibility index (Phi) is 4.72. The Hall–Kier alpha value is -3.58. The van der Waals surface area contributed by atoms with Crippen LogP contribution in [0.5, 0.6) is 11.5 Å². The summed E-state index contributed by atoms with van der Waals surface area (Å²) in [5.41, 5.74) is 4.92. The maximum atomic E-state index is 5.57. The molecule has 0 fully saturated rings. The fourth-order valence-electron chi connectivity index (χ4n) is 3.59. The quantitative estimate of drug-likeness (QED) is 0.475. The van der Waals surface area contributed by atoms with Crippen LogP contribution in [0, 0.1) is 0 Å². The molecule has 7 heteroatoms. The van der Waals surface area contributed by atoms with Gasteiger partial charge in [0.2, 0.25) is 6.79 Å². The Morgan fingerprint density at radius 1 is 1.07 bits per heavy atom. The highest BCUT2D eigenvalue weighted by Crippen LogP contribution is 2.37. The molecule has 7 nitrogen and oxygen atoms in total. The third-order valence-corrected chi connectivity index (χ3v) is 5.42. The predicted octanol–water partition coefficient (Wildman–Crippen LogP) is 4.45. The Morgan fingerprint density at radius 2 is 1.90 bits per heavy atom. The van der Waals surface area contributed by atoms with Crippen LogP contribution in [0.25, 0.3) is 16.9 Å². The summed E-state index contributed by atoms with van der Waals surface area (Å²) in [5.74, 6) is 1.51. The third-order valence-electron chi connectivity index (χ3n) is 5.42. The summed E-state index contributed by atoms with van der Waals surface area (Å²) in [5, 5.41) is 8.99. The van der Waals surface area contributed by atoms with Crippen LogP contribution < -0.4 is 9.47 Å². The molecular weight excluding hydrogens is 380 g/mol. The van der Waals surface area contributed by atoms with Gasteiger partial charge in [-0.05, 0) is 44.3 Å². The smallest absolute Gasteiger partial charge is 0.231 e. The van der Waals surface area contributed by atoms with Crippen molar-refractivity contribution in [2.24, 2.45) is 0 Å². The maximum absolute atomic E-state index is 5.57. The van der Waals surface area contributed by atoms with E-state index < -0.39 is 0 Å². The highest BCUT2D eigenvalue weighted by atomic mass is 16.7. The standard InChI is InChI=1S/C23H22N4O3/c1-16(20-10-11-30-25-20)26(2)13-18-14-27(19-6-4-3-5-7-19)24-23(18)17-8-9-21-22(12-17)29-15-28-21/h3-12,14,16H,13,15H2,1-2H3/t16-/m1/s1. The van der Waals surface area contributed by atoms with Gasteiger partial charge in [0.15, 0.2) is 11.5 Å². The van der Waals surface area contributed by atoms with Crippen LogP contribution in [0.3, 0.4) is 0 Å². The van der Waals surface area contributed by atoms with E-state index in [-0.39, 0.29) is 12.8 Å². The summed E-state index contributed by atoms with van der Waals surface area (Å²) in [6.07, 6.45) is 3.69. The molecule has 0 amide bonds. The molecule has 1 atom stereocenters. The summed E-state index contributed by atoms with van der Waals surface area (Å²) >= 11 is 0. The maximum Gasteiger partial charge on any atom is 0.231 e. The minimum Gasteiger partial charge on any atom is -0.454 e. The Bertz CT molecular complexity index is 1140. The molecule has 5 rings (SSSR count). The van der Waals surface area contributed by atoms with Crippen LogP contribution >= 0.6 is 0 Å². The number of nitrogens with zero attached hydrogens (tertiary/aromatic N) is 4. The van der Waals surface area contributed by atoms with E-state index in [1.807, 2.05) is 59.3 Å². The molecule has 152 valence electrons. The van der Waals surface area contributed by atoms with Crippen molar-refractivity contribution >= 4 is 0 Å². The van der Waals surface area contributed by atoms with Crippen LogP contribution in [-0.2, 0) is 6.54 Å². The SMILES string of the molecule is C[C@H](c1ccon1)N(C)Cc1cn(-c2ccccc2)nc1-c1ccc2c(c1)OCO2. The average molecular weight is 402 g/mol. The summed E-state index contributed by atoms with van der Waals surface area (Å²) in [6.45, 7) is 3.06. The average Bonchev–Trinajstić information content (AvgIpc) is 3.53. The number of fused-ring (bicyclic) bond motifs is 1. The fraction of sp³-hybridized carbons (Fsp3) is 0.217. The van der Waals surface area contributed by atoms with Crippen molar-refractivity contribution in [1.82, 2.24) is 19.8 Å². The molecule has 0 spiro atoms. The number of hydrogen-bond donors (Lipinski definition) is 0. The predicted molar refractivity (Wildman–Crippen MR) is 112 cm³/mol. The molecule has 0 aliphatic carbocycles. The topological polar surface area (TPSA) is 65.6 Å². The third kappa shape index (κ3) is 3.44. The lowest BCUT2D eigenvalue weighted by Gasteiger charge is -2.22. The number of rotatable bonds is 6. The monoisotopic (exact) mass is 402 g/mol. The molecule has 0 bridgehead atoms. The van der Waals surface area contributed by atoms with E-state index in [0.29, 0.717) is 6.54 Å². The van der Waals surface area contributed by atoms with Crippen molar-refractivity contribution in [3.63, 3.8) is 0 Å². The van der Waals surface area contributed by atoms with Gasteiger partial charge in [0, 0.05) is 29.9 Å². The highest BCUT2D eigenvalue weighted by Gasteiger charge is 2.21. The number of aromatic nitrogens is 3. The zero-order chi connectivity index (χ0) is 20.5. The van der Waals surface area contributed by atoms with Gasteiger partial charge < -0.3 is 14.0 Å². The van der Waals surface area contributed by atoms with E-state index in [2.05, 4.69) is 30.2 Å². The summed E-state index contributed by atoms with van der Waals surface area (Å²) < 4.78 is 18.0. The normalized spacial score (nSPS) is 13.7. The lowest BCUT2D eigenvalue weighted by Crippen LogP contribution is -2.22. The van der Waals surface area contributed by atoms with Crippen LogP contribution in [0.1, 0.15) is 24.2 Å². The van der Waals surface area contributed by atoms with Crippen molar-refractivity contribution in [3.8, 4) is 28.4 Å². The minimum atomic E-state index is 0.105. The van der Waals surface area contributed by atoms with E-state index in [1.54, 1.807) is 6.26 Å². The first kappa shape index (κ1) is 18.4. The second-order valence-corrected chi connectivity index (χ2v) is 7.37. The van der Waals surface area contributed by atoms with Crippen LogP contribution in [0.15, 0.2) is 71.6 Å². The first-order chi connectivity index (χ1) is 14.7. The lowest BCUT2D eigenvalue weighted by molar-refractivity contribution is 0.174. The number of benzene rings is 2. The molecule has 2 aromatic carbocycles. The number of para-hydroxylation sites is 1. The molecule has 0 saturated carbocycles. The van der Waals surface area contributed by atoms with Gasteiger partial charge in [-0.2, -0.15) is 5.10 Å². The molecule has 0 radical (unpaired) electrons. The fourth-order valence-corrected chi connectivity index (χ4v) is 3.59. The van der Waals surface area contributed by atoms with Gasteiger partial charge in [-0.1, -0.05) is 23.4 Å². The Labute approximate surface area is 174 Å². The molecule has 0 N–H and O–H groups in total. The molecule has 1 aliphatic heterocycles. The Balaban J connectivity index is 1.52. The van der Waals surface area contributed by atoms with E-state index in [9.17, 15) is 0 Å². The summed E-state index contributed by atoms with van der Waals surface area (Å²) in [4.78, 5) is 2.22. The van der Waals surface area contributed by atoms with Gasteiger partial charge in [0.1, 0.15) is 12.0 Å². The van der Waals surface area contributed by atoms with Crippen LogP contribution in [0.4, 0.5) is 0 Å². The van der Waals surface area contributed by atoms with Gasteiger partial charge in [0.05, 0.1) is 17.4 Å². The summed E-state index contributed by atoms with van der Waals surface area (Å²) in [7, 11) is 2.07. The molecule has 1 aliphatic rings. The Morgan fingerprint density at radius 3 is 2.70 bits per heavy atom. The minimum absolute atomic E-state index is 0.105. The van der Waals surface area contributed by atoms with Crippen molar-refractivity contribution in [3.05, 3.63) is 78.3 Å². The molecule has 0 unspecified atom stereocenters. The molecule has 4 aromatic rings. The van der Waals surface area contributed by atoms with E-state index in [1.165, 1.54) is 0 Å².